The first-order valence-electron chi connectivity index (χ1n) is 15.4. The van der Waals surface area contributed by atoms with Gasteiger partial charge in [-0.2, -0.15) is 4.31 Å². The van der Waals surface area contributed by atoms with Gasteiger partial charge in [0.1, 0.15) is 0 Å². The second-order valence-electron chi connectivity index (χ2n) is 11.7. The zero-order chi connectivity index (χ0) is 33.7. The van der Waals surface area contributed by atoms with Gasteiger partial charge in [0.25, 0.3) is 5.91 Å². The Labute approximate surface area is 273 Å². The number of nitrogens with two attached hydrogens (primary N) is 1. The van der Waals surface area contributed by atoms with Crippen LogP contribution < -0.4 is 25.4 Å². The van der Waals surface area contributed by atoms with Crippen LogP contribution >= 0.6 is 0 Å². The van der Waals surface area contributed by atoms with E-state index in [1.165, 1.54) is 39.5 Å². The van der Waals surface area contributed by atoms with Crippen molar-refractivity contribution in [3.05, 3.63) is 83.9 Å². The first-order chi connectivity index (χ1) is 22.5. The van der Waals surface area contributed by atoms with E-state index in [0.717, 1.165) is 5.56 Å². The Balaban J connectivity index is 1.36. The van der Waals surface area contributed by atoms with Crippen LogP contribution in [0.1, 0.15) is 36.2 Å². The minimum absolute atomic E-state index is 0.00487. The fraction of sp³-hybridized carbons (Fsp3) is 0.394. The van der Waals surface area contributed by atoms with E-state index in [2.05, 4.69) is 5.32 Å². The van der Waals surface area contributed by atoms with Gasteiger partial charge < -0.3 is 40.4 Å². The summed E-state index contributed by atoms with van der Waals surface area (Å²) < 4.78 is 45.4. The third-order valence-corrected chi connectivity index (χ3v) is 10.2. The van der Waals surface area contributed by atoms with Gasteiger partial charge in [0, 0.05) is 30.4 Å². The van der Waals surface area contributed by atoms with Crippen molar-refractivity contribution in [1.29, 1.82) is 0 Å². The predicted molar refractivity (Wildman–Crippen MR) is 172 cm³/mol. The molecule has 2 aliphatic heterocycles. The molecule has 3 aromatic carbocycles. The number of nitrogens with one attached hydrogen (secondary N) is 1. The zero-order valence-corrected chi connectivity index (χ0v) is 27.0. The molecule has 0 bridgehead atoms. The van der Waals surface area contributed by atoms with Crippen molar-refractivity contribution in [2.75, 3.05) is 31.3 Å². The van der Waals surface area contributed by atoms with Gasteiger partial charge in [-0.1, -0.05) is 56.7 Å². The molecule has 3 aromatic rings. The highest BCUT2D eigenvalue weighted by molar-refractivity contribution is 7.89. The van der Waals surface area contributed by atoms with Crippen molar-refractivity contribution < 1.29 is 42.4 Å². The highest BCUT2D eigenvalue weighted by atomic mass is 32.2. The molecular formula is C33H40N4O9S. The molecule has 13 nitrogen and oxygen atoms in total. The van der Waals surface area contributed by atoms with Gasteiger partial charge in [-0.3, -0.25) is 9.59 Å². The number of primary amides is 1. The van der Waals surface area contributed by atoms with E-state index in [9.17, 15) is 28.2 Å². The number of aliphatic hydroxyl groups is 2. The first kappa shape index (κ1) is 34.1. The van der Waals surface area contributed by atoms with Crippen molar-refractivity contribution in [3.63, 3.8) is 0 Å². The molecule has 252 valence electrons. The minimum atomic E-state index is -4.10. The highest BCUT2D eigenvalue weighted by Gasteiger charge is 2.39. The van der Waals surface area contributed by atoms with Gasteiger partial charge in [0.2, 0.25) is 29.1 Å². The molecule has 2 heterocycles. The Hall–Kier alpha value is -4.21. The maximum Gasteiger partial charge on any atom is 0.251 e. The fourth-order valence-corrected chi connectivity index (χ4v) is 7.04. The maximum atomic E-state index is 14.0. The highest BCUT2D eigenvalue weighted by Crippen LogP contribution is 2.35. The molecule has 0 saturated carbocycles. The van der Waals surface area contributed by atoms with Crippen LogP contribution in [-0.2, 0) is 26.0 Å². The van der Waals surface area contributed by atoms with E-state index in [-0.39, 0.29) is 49.2 Å². The molecule has 2 aliphatic rings. The number of ether oxygens (including phenoxy) is 3. The topological polar surface area (TPSA) is 181 Å². The number of hydrogen-bond acceptors (Lipinski definition) is 10. The monoisotopic (exact) mass is 668 g/mol. The molecule has 0 spiro atoms. The Kier molecular flexibility index (Phi) is 10.7. The smallest absolute Gasteiger partial charge is 0.251 e. The molecule has 2 unspecified atom stereocenters. The SMILES string of the molecule is CC[C@H](C)CN(C[C@@H](O)C(Cc1ccccc1)NC(=O)[C@@H]1CN(c2cccc(C(N)=O)c2)C(O)O1)S(=O)(=O)c1ccc2c(c1)OCO2. The normalized spacial score (nSPS) is 19.4. The second kappa shape index (κ2) is 14.7. The number of nitrogens with zero attached hydrogens (tertiary/aromatic N) is 2. The first-order valence-corrected chi connectivity index (χ1v) is 16.8. The average molecular weight is 669 g/mol. The fourth-order valence-electron chi connectivity index (χ4n) is 5.44. The lowest BCUT2D eigenvalue weighted by Crippen LogP contribution is -2.53. The van der Waals surface area contributed by atoms with Crippen LogP contribution in [0.25, 0.3) is 0 Å². The summed E-state index contributed by atoms with van der Waals surface area (Å²) in [4.78, 5) is 26.6. The van der Waals surface area contributed by atoms with E-state index in [1.807, 2.05) is 44.2 Å². The van der Waals surface area contributed by atoms with E-state index in [4.69, 9.17) is 19.9 Å². The molecule has 5 rings (SSSR count). The Morgan fingerprint density at radius 1 is 1.04 bits per heavy atom. The number of sulfonamides is 1. The summed E-state index contributed by atoms with van der Waals surface area (Å²) in [6.07, 6.45) is -3.06. The van der Waals surface area contributed by atoms with Crippen molar-refractivity contribution in [3.8, 4) is 11.5 Å². The van der Waals surface area contributed by atoms with Crippen molar-refractivity contribution in [2.45, 2.75) is 56.2 Å². The van der Waals surface area contributed by atoms with Crippen LogP contribution in [0.5, 0.6) is 11.5 Å². The van der Waals surface area contributed by atoms with Crippen molar-refractivity contribution >= 4 is 27.5 Å². The molecule has 2 amide bonds. The lowest BCUT2D eigenvalue weighted by molar-refractivity contribution is -0.143. The Morgan fingerprint density at radius 3 is 2.51 bits per heavy atom. The molecule has 1 saturated heterocycles. The molecule has 0 aromatic heterocycles. The number of carbonyl (C=O) groups is 2. The molecule has 14 heteroatoms. The summed E-state index contributed by atoms with van der Waals surface area (Å²) in [6.45, 7) is 3.64. The van der Waals surface area contributed by atoms with Gasteiger partial charge in [-0.05, 0) is 48.2 Å². The number of anilines is 1. The summed E-state index contributed by atoms with van der Waals surface area (Å²) >= 11 is 0. The zero-order valence-electron chi connectivity index (χ0n) is 26.2. The molecule has 47 heavy (non-hydrogen) atoms. The van der Waals surface area contributed by atoms with E-state index in [1.54, 1.807) is 12.1 Å². The average Bonchev–Trinajstić information content (AvgIpc) is 3.70. The van der Waals surface area contributed by atoms with Crippen LogP contribution in [-0.4, -0.2) is 85.8 Å². The van der Waals surface area contributed by atoms with Crippen LogP contribution in [0.2, 0.25) is 0 Å². The van der Waals surface area contributed by atoms with E-state index < -0.39 is 46.5 Å². The van der Waals surface area contributed by atoms with Crippen LogP contribution in [0.3, 0.4) is 0 Å². The van der Waals surface area contributed by atoms with Gasteiger partial charge in [0.15, 0.2) is 17.6 Å². The lowest BCUT2D eigenvalue weighted by Gasteiger charge is -2.31. The Morgan fingerprint density at radius 2 is 1.79 bits per heavy atom. The second-order valence-corrected chi connectivity index (χ2v) is 13.7. The number of rotatable bonds is 14. The van der Waals surface area contributed by atoms with Gasteiger partial charge in [0.05, 0.1) is 23.6 Å². The standard InChI is InChI=1S/C33H40N4O9S/c1-3-21(2)17-36(47(42,43)25-12-13-28-29(16-25)45-20-44-28)18-27(38)26(14-22-8-5-4-6-9-22)35-32(40)30-19-37(33(41)46-30)24-11-7-10-23(15-24)31(34)39/h4-13,15-16,21,26-27,30,33,38,41H,3,14,17-20H2,1-2H3,(H2,34,39)(H,35,40)/t21-,26?,27+,30-,33?/m0/s1. The summed E-state index contributed by atoms with van der Waals surface area (Å²) in [7, 11) is -4.10. The molecule has 0 radical (unpaired) electrons. The number of amides is 2. The summed E-state index contributed by atoms with van der Waals surface area (Å²) in [5.41, 5.74) is 6.86. The molecule has 5 atom stereocenters. The summed E-state index contributed by atoms with van der Waals surface area (Å²) in [6, 6.07) is 18.9. The summed E-state index contributed by atoms with van der Waals surface area (Å²) in [5, 5.41) is 25.1. The maximum absolute atomic E-state index is 14.0. The van der Waals surface area contributed by atoms with Gasteiger partial charge in [-0.25, -0.2) is 8.42 Å². The van der Waals surface area contributed by atoms with E-state index in [0.29, 0.717) is 23.6 Å². The number of carbonyl (C=O) groups excluding carboxylic acids is 2. The van der Waals surface area contributed by atoms with Crippen LogP contribution in [0, 0.1) is 5.92 Å². The number of fused-ring (bicyclic) bond motifs is 1. The summed E-state index contributed by atoms with van der Waals surface area (Å²) in [5.74, 6) is -0.512. The molecular weight excluding hydrogens is 628 g/mol. The molecule has 5 N–H and O–H groups in total. The third kappa shape index (κ3) is 8.03. The van der Waals surface area contributed by atoms with Gasteiger partial charge in [-0.15, -0.1) is 0 Å². The number of benzene rings is 3. The van der Waals surface area contributed by atoms with Crippen LogP contribution in [0.15, 0.2) is 77.7 Å². The van der Waals surface area contributed by atoms with Crippen molar-refractivity contribution in [1.82, 2.24) is 9.62 Å². The quantitative estimate of drug-likeness (QED) is 0.198. The molecule has 0 aliphatic carbocycles. The van der Waals surface area contributed by atoms with Crippen molar-refractivity contribution in [2.24, 2.45) is 11.7 Å². The lowest BCUT2D eigenvalue weighted by atomic mass is 10.0. The number of hydrogen-bond donors (Lipinski definition) is 4. The van der Waals surface area contributed by atoms with Crippen LogP contribution in [0.4, 0.5) is 5.69 Å². The Bertz CT molecular complexity index is 1670. The predicted octanol–water partition coefficient (Wildman–Crippen LogP) is 1.82. The number of aliphatic hydroxyl groups excluding tert-OH is 2. The largest absolute Gasteiger partial charge is 0.454 e. The molecule has 1 fully saturated rings. The third-order valence-electron chi connectivity index (χ3n) is 8.35. The van der Waals surface area contributed by atoms with E-state index >= 15 is 0 Å². The van der Waals surface area contributed by atoms with Gasteiger partial charge >= 0.3 is 0 Å². The minimum Gasteiger partial charge on any atom is -0.454 e.